The van der Waals surface area contributed by atoms with E-state index in [4.69, 9.17) is 0 Å². The average Bonchev–Trinajstić information content (AvgIpc) is 1.41. The molecule has 2 heteroatoms. The molecule has 0 aliphatic rings. The van der Waals surface area contributed by atoms with E-state index in [0.717, 1.165) is 0 Å². The van der Waals surface area contributed by atoms with E-state index in [0.29, 0.717) is 6.16 Å². The van der Waals surface area contributed by atoms with Crippen LogP contribution in [0.25, 0.3) is 0 Å². The van der Waals surface area contributed by atoms with E-state index < -0.39 is 0 Å². The highest BCUT2D eigenvalue weighted by Crippen LogP contribution is 1.90. The van der Waals surface area contributed by atoms with E-state index in [1.54, 1.807) is 6.08 Å². The summed E-state index contributed by atoms with van der Waals surface area (Å²) in [6.45, 7) is 3.36. The third kappa shape index (κ3) is 4.13. The normalized spacial score (nSPS) is 9.80. The fourth-order valence-corrected chi connectivity index (χ4v) is 0.177. The van der Waals surface area contributed by atoms with Gasteiger partial charge in [-0.2, -0.15) is 0 Å². The van der Waals surface area contributed by atoms with Crippen LogP contribution in [0.3, 0.4) is 0 Å². The minimum atomic E-state index is -0.210. The van der Waals surface area contributed by atoms with Gasteiger partial charge in [0, 0.05) is 0 Å². The summed E-state index contributed by atoms with van der Waals surface area (Å²) >= 11 is 0. The van der Waals surface area contributed by atoms with Crippen LogP contribution in [0.2, 0.25) is 0 Å². The molecule has 0 radical (unpaired) electrons. The van der Waals surface area contributed by atoms with Crippen LogP contribution in [0.1, 0.15) is 0 Å². The lowest BCUT2D eigenvalue weighted by atomic mass is 10.8. The van der Waals surface area contributed by atoms with Crippen LogP contribution in [0.4, 0.5) is 0 Å². The SMILES string of the molecule is C=CCP[O-]. The Kier molecular flexibility index (Phi) is 4.24. The number of allylic oxidation sites excluding steroid dienone is 1. The zero-order valence-corrected chi connectivity index (χ0v) is 3.90. The lowest BCUT2D eigenvalue weighted by Crippen LogP contribution is -1.79. The van der Waals surface area contributed by atoms with Crippen LogP contribution >= 0.6 is 8.81 Å². The van der Waals surface area contributed by atoms with Crippen molar-refractivity contribution in [3.05, 3.63) is 12.7 Å². The van der Waals surface area contributed by atoms with Crippen molar-refractivity contribution >= 4 is 8.81 Å². The molecule has 1 atom stereocenters. The zero-order valence-electron chi connectivity index (χ0n) is 2.90. The summed E-state index contributed by atoms with van der Waals surface area (Å²) in [6, 6.07) is 0. The van der Waals surface area contributed by atoms with Gasteiger partial charge in [0.25, 0.3) is 0 Å². The van der Waals surface area contributed by atoms with Crippen molar-refractivity contribution in [2.45, 2.75) is 0 Å². The molecule has 0 heterocycles. The maximum absolute atomic E-state index is 9.49. The molecule has 0 saturated heterocycles. The van der Waals surface area contributed by atoms with Gasteiger partial charge in [-0.05, 0) is 6.16 Å². The molecule has 0 spiro atoms. The summed E-state index contributed by atoms with van der Waals surface area (Å²) in [5.74, 6) is 0. The van der Waals surface area contributed by atoms with E-state index in [2.05, 4.69) is 6.58 Å². The van der Waals surface area contributed by atoms with Crippen molar-refractivity contribution in [1.82, 2.24) is 0 Å². The van der Waals surface area contributed by atoms with Gasteiger partial charge in [0.1, 0.15) is 0 Å². The molecule has 0 N–H and O–H groups in total. The highest BCUT2D eigenvalue weighted by Gasteiger charge is 1.51. The maximum Gasteiger partial charge on any atom is -0.0322 e. The Morgan fingerprint density at radius 3 is 2.60 bits per heavy atom. The summed E-state index contributed by atoms with van der Waals surface area (Å²) < 4.78 is 0. The Hall–Kier alpha value is 0.130. The maximum atomic E-state index is 9.49. The molecule has 1 unspecified atom stereocenters. The second-order valence-electron chi connectivity index (χ2n) is 0.637. The molecule has 0 bridgehead atoms. The molecule has 0 aliphatic carbocycles. The second-order valence-corrected chi connectivity index (χ2v) is 1.33. The van der Waals surface area contributed by atoms with Crippen LogP contribution < -0.4 is 4.89 Å². The van der Waals surface area contributed by atoms with Crippen molar-refractivity contribution in [3.63, 3.8) is 0 Å². The number of hydrogen-bond donors (Lipinski definition) is 0. The molecule has 0 aromatic heterocycles. The second kappa shape index (κ2) is 4.13. The molecule has 0 rings (SSSR count). The first-order valence-electron chi connectivity index (χ1n) is 1.37. The molecule has 0 amide bonds. The van der Waals surface area contributed by atoms with Gasteiger partial charge in [0.05, 0.1) is 0 Å². The first-order chi connectivity index (χ1) is 2.41. The minimum Gasteiger partial charge on any atom is -0.831 e. The van der Waals surface area contributed by atoms with Crippen LogP contribution in [0.5, 0.6) is 0 Å². The molecule has 0 aromatic carbocycles. The monoisotopic (exact) mass is 89.0 g/mol. The summed E-state index contributed by atoms with van der Waals surface area (Å²) in [7, 11) is -0.210. The number of rotatable bonds is 2. The van der Waals surface area contributed by atoms with Crippen molar-refractivity contribution < 1.29 is 4.89 Å². The molecule has 1 nitrogen and oxygen atoms in total. The highest BCUT2D eigenvalue weighted by atomic mass is 31.1. The molecule has 0 aliphatic heterocycles. The molecular weight excluding hydrogens is 83.0 g/mol. The fourth-order valence-electron chi connectivity index (χ4n) is 0.0589. The van der Waals surface area contributed by atoms with E-state index in [-0.39, 0.29) is 8.81 Å². The molecule has 0 saturated carbocycles. The van der Waals surface area contributed by atoms with Gasteiger partial charge in [-0.1, -0.05) is 6.08 Å². The van der Waals surface area contributed by atoms with Crippen LogP contribution in [-0.2, 0) is 0 Å². The Balaban J connectivity index is 2.40. The highest BCUT2D eigenvalue weighted by molar-refractivity contribution is 7.29. The summed E-state index contributed by atoms with van der Waals surface area (Å²) in [4.78, 5) is 9.49. The lowest BCUT2D eigenvalue weighted by Gasteiger charge is -1.93. The van der Waals surface area contributed by atoms with Crippen LogP contribution in [0.15, 0.2) is 12.7 Å². The zero-order chi connectivity index (χ0) is 4.12. The van der Waals surface area contributed by atoms with Gasteiger partial charge < -0.3 is 4.89 Å². The van der Waals surface area contributed by atoms with Crippen molar-refractivity contribution in [3.8, 4) is 0 Å². The quantitative estimate of drug-likeness (QED) is 0.348. The Bertz CT molecular complexity index is 28.1. The predicted molar refractivity (Wildman–Crippen MR) is 23.4 cm³/mol. The number of hydrogen-bond acceptors (Lipinski definition) is 1. The van der Waals surface area contributed by atoms with E-state index in [9.17, 15) is 4.89 Å². The third-order valence-electron chi connectivity index (χ3n) is 0.228. The Morgan fingerprint density at radius 2 is 2.60 bits per heavy atom. The van der Waals surface area contributed by atoms with E-state index in [1.807, 2.05) is 0 Å². The van der Waals surface area contributed by atoms with Crippen LogP contribution in [-0.4, -0.2) is 6.16 Å². The topological polar surface area (TPSA) is 23.1 Å². The smallest absolute Gasteiger partial charge is 0.0322 e. The largest absolute Gasteiger partial charge is 0.831 e. The van der Waals surface area contributed by atoms with Gasteiger partial charge >= 0.3 is 0 Å². The van der Waals surface area contributed by atoms with E-state index >= 15 is 0 Å². The van der Waals surface area contributed by atoms with E-state index in [1.165, 1.54) is 0 Å². The summed E-state index contributed by atoms with van der Waals surface area (Å²) in [6.07, 6.45) is 2.26. The van der Waals surface area contributed by atoms with Crippen molar-refractivity contribution in [2.75, 3.05) is 6.16 Å². The lowest BCUT2D eigenvalue weighted by molar-refractivity contribution is -0.149. The molecule has 0 aromatic rings. The van der Waals surface area contributed by atoms with Crippen molar-refractivity contribution in [1.29, 1.82) is 0 Å². The Morgan fingerprint density at radius 1 is 2.00 bits per heavy atom. The first-order valence-corrected chi connectivity index (χ1v) is 2.49. The van der Waals surface area contributed by atoms with Gasteiger partial charge in [0.15, 0.2) is 0 Å². The van der Waals surface area contributed by atoms with Gasteiger partial charge in [-0.25, -0.2) is 8.81 Å². The van der Waals surface area contributed by atoms with Gasteiger partial charge in [-0.3, -0.25) is 0 Å². The molecule has 0 fully saturated rings. The van der Waals surface area contributed by atoms with Gasteiger partial charge in [0.2, 0.25) is 0 Å². The molecule has 5 heavy (non-hydrogen) atoms. The standard InChI is InChI=1S/C3H6OP/c1-2-3-5-4/h2,5H,1,3H2/q-1. The molecular formula is C3H6OP-. The average molecular weight is 89.1 g/mol. The summed E-state index contributed by atoms with van der Waals surface area (Å²) in [5.41, 5.74) is 0. The minimum absolute atomic E-state index is 0.210. The van der Waals surface area contributed by atoms with Crippen LogP contribution in [0, 0.1) is 0 Å². The third-order valence-corrected chi connectivity index (χ3v) is 0.683. The fraction of sp³-hybridized carbons (Fsp3) is 0.333. The first kappa shape index (κ1) is 5.13. The Labute approximate surface area is 33.6 Å². The van der Waals surface area contributed by atoms with Gasteiger partial charge in [-0.15, -0.1) is 6.58 Å². The van der Waals surface area contributed by atoms with Crippen molar-refractivity contribution in [2.24, 2.45) is 0 Å². The predicted octanol–water partition coefficient (Wildman–Crippen LogP) is 0.126. The molecule has 30 valence electrons. The summed E-state index contributed by atoms with van der Waals surface area (Å²) in [5, 5.41) is 0.